The van der Waals surface area contributed by atoms with Gasteiger partial charge in [-0.15, -0.1) is 0 Å². The van der Waals surface area contributed by atoms with Gasteiger partial charge in [0.05, 0.1) is 6.61 Å². The van der Waals surface area contributed by atoms with Crippen molar-refractivity contribution in [3.8, 4) is 5.75 Å². The average Bonchev–Trinajstić information content (AvgIpc) is 2.49. The van der Waals surface area contributed by atoms with Crippen molar-refractivity contribution in [1.82, 2.24) is 0 Å². The molecule has 0 spiro atoms. The number of hydrogen-bond acceptors (Lipinski definition) is 1. The van der Waals surface area contributed by atoms with Crippen molar-refractivity contribution in [3.63, 3.8) is 0 Å². The lowest BCUT2D eigenvalue weighted by Crippen LogP contribution is -2.15. The fourth-order valence-corrected chi connectivity index (χ4v) is 2.69. The van der Waals surface area contributed by atoms with Gasteiger partial charge < -0.3 is 4.74 Å². The van der Waals surface area contributed by atoms with Crippen LogP contribution < -0.4 is 4.74 Å². The molecule has 0 saturated heterocycles. The summed E-state index contributed by atoms with van der Waals surface area (Å²) >= 11 is 0. The second kappa shape index (κ2) is 9.02. The Balaban J connectivity index is 3.08. The topological polar surface area (TPSA) is 9.23 Å². The van der Waals surface area contributed by atoms with Crippen molar-refractivity contribution in [2.24, 2.45) is 0 Å². The van der Waals surface area contributed by atoms with Crippen molar-refractivity contribution in [1.29, 1.82) is 0 Å². The highest BCUT2D eigenvalue weighted by Crippen LogP contribution is 2.35. The molecule has 0 aliphatic heterocycles. The van der Waals surface area contributed by atoms with Crippen molar-refractivity contribution < 1.29 is 4.74 Å². The Bertz CT molecular complexity index is 465. The predicted molar refractivity (Wildman–Crippen MR) is 98.0 cm³/mol. The maximum atomic E-state index is 5.97. The largest absolute Gasteiger partial charge is 0.493 e. The van der Waals surface area contributed by atoms with Crippen molar-refractivity contribution in [2.45, 2.75) is 78.6 Å². The Morgan fingerprint density at radius 3 is 2.36 bits per heavy atom. The molecule has 0 radical (unpaired) electrons. The minimum absolute atomic E-state index is 0.108. The first-order valence-electron chi connectivity index (χ1n) is 8.86. The van der Waals surface area contributed by atoms with Crippen LogP contribution >= 0.6 is 0 Å². The van der Waals surface area contributed by atoms with E-state index in [4.69, 9.17) is 4.74 Å². The van der Waals surface area contributed by atoms with Gasteiger partial charge in [-0.25, -0.2) is 0 Å². The maximum absolute atomic E-state index is 5.97. The molecule has 22 heavy (non-hydrogen) atoms. The average molecular weight is 303 g/mol. The van der Waals surface area contributed by atoms with Crippen LogP contribution in [0.3, 0.4) is 0 Å². The standard InChI is InChI=1S/C21H34O/c1-7-10-11-12-17(9-3)18-13-14-20(22-15-8-2)19(16-18)21(4,5)6/h10-11,13-14,16-17H,7-9,12,15H2,1-6H3/b11-10-. The molecule has 1 unspecified atom stereocenters. The van der Waals surface area contributed by atoms with Crippen LogP contribution in [-0.2, 0) is 5.41 Å². The molecule has 0 fully saturated rings. The summed E-state index contributed by atoms with van der Waals surface area (Å²) < 4.78 is 5.97. The van der Waals surface area contributed by atoms with E-state index in [0.29, 0.717) is 5.92 Å². The molecule has 124 valence electrons. The highest BCUT2D eigenvalue weighted by Gasteiger charge is 2.21. The molecular formula is C21H34O. The van der Waals surface area contributed by atoms with Gasteiger partial charge in [0.2, 0.25) is 0 Å². The molecule has 1 aromatic carbocycles. The van der Waals surface area contributed by atoms with E-state index in [0.717, 1.165) is 31.6 Å². The molecule has 1 heteroatoms. The third-order valence-electron chi connectivity index (χ3n) is 4.06. The predicted octanol–water partition coefficient (Wildman–Crippen LogP) is 6.62. The molecule has 0 aliphatic rings. The molecule has 0 aliphatic carbocycles. The highest BCUT2D eigenvalue weighted by molar-refractivity contribution is 5.42. The van der Waals surface area contributed by atoms with Crippen LogP contribution in [0.4, 0.5) is 0 Å². The summed E-state index contributed by atoms with van der Waals surface area (Å²) in [5.41, 5.74) is 2.88. The van der Waals surface area contributed by atoms with E-state index in [1.807, 2.05) is 0 Å². The zero-order valence-electron chi connectivity index (χ0n) is 15.4. The molecule has 0 amide bonds. The molecule has 0 aromatic heterocycles. The Hall–Kier alpha value is -1.24. The van der Waals surface area contributed by atoms with Gasteiger partial charge in [-0.05, 0) is 54.2 Å². The van der Waals surface area contributed by atoms with Gasteiger partial charge in [-0.3, -0.25) is 0 Å². The highest BCUT2D eigenvalue weighted by atomic mass is 16.5. The van der Waals surface area contributed by atoms with E-state index in [2.05, 4.69) is 71.9 Å². The van der Waals surface area contributed by atoms with Crippen LogP contribution in [0.25, 0.3) is 0 Å². The third kappa shape index (κ3) is 5.51. The summed E-state index contributed by atoms with van der Waals surface area (Å²) in [7, 11) is 0. The number of benzene rings is 1. The van der Waals surface area contributed by atoms with E-state index in [9.17, 15) is 0 Å². The van der Waals surface area contributed by atoms with Crippen molar-refractivity contribution >= 4 is 0 Å². The Morgan fingerprint density at radius 2 is 1.82 bits per heavy atom. The smallest absolute Gasteiger partial charge is 0.123 e. The number of allylic oxidation sites excluding steroid dienone is 2. The fourth-order valence-electron chi connectivity index (χ4n) is 2.69. The normalized spacial score (nSPS) is 13.5. The number of rotatable bonds is 8. The maximum Gasteiger partial charge on any atom is 0.123 e. The molecule has 0 heterocycles. The molecule has 1 nitrogen and oxygen atoms in total. The quantitative estimate of drug-likeness (QED) is 0.490. The van der Waals surface area contributed by atoms with Gasteiger partial charge >= 0.3 is 0 Å². The summed E-state index contributed by atoms with van der Waals surface area (Å²) in [5, 5.41) is 0. The van der Waals surface area contributed by atoms with Gasteiger partial charge in [0.15, 0.2) is 0 Å². The summed E-state index contributed by atoms with van der Waals surface area (Å²) in [5.74, 6) is 1.65. The first kappa shape index (κ1) is 18.8. The van der Waals surface area contributed by atoms with Gasteiger partial charge in [-0.2, -0.15) is 0 Å². The van der Waals surface area contributed by atoms with Crippen LogP contribution in [0.1, 0.15) is 84.3 Å². The lowest BCUT2D eigenvalue weighted by Gasteiger charge is -2.25. The second-order valence-electron chi connectivity index (χ2n) is 7.07. The Morgan fingerprint density at radius 1 is 1.09 bits per heavy atom. The van der Waals surface area contributed by atoms with Crippen LogP contribution in [-0.4, -0.2) is 6.61 Å². The summed E-state index contributed by atoms with van der Waals surface area (Å²) in [4.78, 5) is 0. The molecular weight excluding hydrogens is 268 g/mol. The van der Waals surface area contributed by atoms with E-state index >= 15 is 0 Å². The van der Waals surface area contributed by atoms with E-state index < -0.39 is 0 Å². The molecule has 1 aromatic rings. The lowest BCUT2D eigenvalue weighted by molar-refractivity contribution is 0.308. The van der Waals surface area contributed by atoms with Crippen LogP contribution in [0.15, 0.2) is 30.4 Å². The van der Waals surface area contributed by atoms with Crippen molar-refractivity contribution in [2.75, 3.05) is 6.61 Å². The summed E-state index contributed by atoms with van der Waals surface area (Å²) in [6.07, 6.45) is 9.06. The summed E-state index contributed by atoms with van der Waals surface area (Å²) in [6, 6.07) is 6.81. The first-order chi connectivity index (χ1) is 10.4. The lowest BCUT2D eigenvalue weighted by atomic mass is 9.82. The van der Waals surface area contributed by atoms with Crippen LogP contribution in [0.2, 0.25) is 0 Å². The Labute approximate surface area is 137 Å². The SMILES string of the molecule is CC/C=C\CC(CC)c1ccc(OCCC)c(C(C)(C)C)c1. The third-order valence-corrected chi connectivity index (χ3v) is 4.06. The van der Waals surface area contributed by atoms with Crippen LogP contribution in [0.5, 0.6) is 5.75 Å². The molecule has 0 saturated carbocycles. The molecule has 0 N–H and O–H groups in total. The minimum atomic E-state index is 0.108. The van der Waals surface area contributed by atoms with Gasteiger partial charge in [-0.1, -0.05) is 65.8 Å². The van der Waals surface area contributed by atoms with Gasteiger partial charge in [0, 0.05) is 0 Å². The minimum Gasteiger partial charge on any atom is -0.493 e. The second-order valence-corrected chi connectivity index (χ2v) is 7.07. The van der Waals surface area contributed by atoms with E-state index in [1.54, 1.807) is 0 Å². The Kier molecular flexibility index (Phi) is 7.72. The zero-order chi connectivity index (χ0) is 16.6. The van der Waals surface area contributed by atoms with Gasteiger partial charge in [0.1, 0.15) is 5.75 Å². The first-order valence-corrected chi connectivity index (χ1v) is 8.86. The fraction of sp³-hybridized carbons (Fsp3) is 0.619. The van der Waals surface area contributed by atoms with Crippen molar-refractivity contribution in [3.05, 3.63) is 41.5 Å². The van der Waals surface area contributed by atoms with E-state index in [1.165, 1.54) is 17.5 Å². The molecule has 0 bridgehead atoms. The molecule has 1 atom stereocenters. The zero-order valence-corrected chi connectivity index (χ0v) is 15.4. The number of hydrogen-bond donors (Lipinski definition) is 0. The monoisotopic (exact) mass is 302 g/mol. The van der Waals surface area contributed by atoms with E-state index in [-0.39, 0.29) is 5.41 Å². The summed E-state index contributed by atoms with van der Waals surface area (Å²) in [6.45, 7) is 14.2. The van der Waals surface area contributed by atoms with Gasteiger partial charge in [0.25, 0.3) is 0 Å². The molecule has 1 rings (SSSR count). The van der Waals surface area contributed by atoms with Crippen LogP contribution in [0, 0.1) is 0 Å². The number of ether oxygens (including phenoxy) is 1.